The Morgan fingerprint density at radius 2 is 2.00 bits per heavy atom. The van der Waals surface area contributed by atoms with Crippen molar-refractivity contribution in [1.29, 1.82) is 0 Å². The number of hydrazine groups is 1. The Morgan fingerprint density at radius 3 is 2.57 bits per heavy atom. The third-order valence-corrected chi connectivity index (χ3v) is 3.35. The number of rotatable bonds is 3. The second-order valence-electron chi connectivity index (χ2n) is 5.71. The van der Waals surface area contributed by atoms with Gasteiger partial charge >= 0.3 is 6.18 Å². The molecule has 1 saturated heterocycles. The molecule has 0 aliphatic carbocycles. The number of nitrogens with two attached hydrogens (primary N) is 1. The van der Waals surface area contributed by atoms with Crippen molar-refractivity contribution in [2.45, 2.75) is 44.5 Å². The van der Waals surface area contributed by atoms with Crippen molar-refractivity contribution in [2.24, 2.45) is 5.84 Å². The molecule has 8 heteroatoms. The third-order valence-electron chi connectivity index (χ3n) is 3.35. The van der Waals surface area contributed by atoms with Gasteiger partial charge in [-0.15, -0.1) is 0 Å². The summed E-state index contributed by atoms with van der Waals surface area (Å²) in [7, 11) is 0. The summed E-state index contributed by atoms with van der Waals surface area (Å²) in [4.78, 5) is 4.02. The van der Waals surface area contributed by atoms with Gasteiger partial charge in [0.2, 0.25) is 0 Å². The molecular weight excluding hydrogens is 285 g/mol. The van der Waals surface area contributed by atoms with Gasteiger partial charge in [-0.2, -0.15) is 13.2 Å². The van der Waals surface area contributed by atoms with E-state index < -0.39 is 11.7 Å². The summed E-state index contributed by atoms with van der Waals surface area (Å²) in [6.45, 7) is 4.46. The van der Waals surface area contributed by atoms with Crippen molar-refractivity contribution in [3.05, 3.63) is 17.7 Å². The van der Waals surface area contributed by atoms with Gasteiger partial charge in [-0.3, -0.25) is 0 Å². The Balaban J connectivity index is 2.19. The topological polar surface area (TPSA) is 72.2 Å². The number of halogens is 3. The summed E-state index contributed by atoms with van der Waals surface area (Å²) in [5, 5.41) is 3.04. The van der Waals surface area contributed by atoms with E-state index in [9.17, 15) is 13.2 Å². The fourth-order valence-electron chi connectivity index (χ4n) is 2.41. The molecule has 1 aromatic heterocycles. The van der Waals surface area contributed by atoms with Gasteiger partial charge in [-0.1, -0.05) is 0 Å². The van der Waals surface area contributed by atoms with Crippen LogP contribution in [-0.4, -0.2) is 23.2 Å². The molecule has 2 heterocycles. The van der Waals surface area contributed by atoms with E-state index in [0.717, 1.165) is 12.1 Å². The second kappa shape index (κ2) is 5.69. The second-order valence-corrected chi connectivity index (χ2v) is 5.71. The lowest BCUT2D eigenvalue weighted by molar-refractivity contribution is -0.137. The molecule has 0 aromatic carbocycles. The molecule has 0 radical (unpaired) electrons. The lowest BCUT2D eigenvalue weighted by Crippen LogP contribution is -2.40. The Morgan fingerprint density at radius 1 is 1.33 bits per heavy atom. The van der Waals surface area contributed by atoms with Crippen molar-refractivity contribution in [1.82, 2.24) is 4.98 Å². The van der Waals surface area contributed by atoms with E-state index in [-0.39, 0.29) is 23.3 Å². The zero-order valence-electron chi connectivity index (χ0n) is 11.9. The summed E-state index contributed by atoms with van der Waals surface area (Å²) >= 11 is 0. The van der Waals surface area contributed by atoms with Crippen LogP contribution in [0.5, 0.6) is 0 Å². The highest BCUT2D eigenvalue weighted by Gasteiger charge is 2.33. The average Bonchev–Trinajstić information content (AvgIpc) is 2.36. The SMILES string of the molecule is CC1(C)CC(Nc2cc(C(F)(F)F)cc(NN)n2)CCO1. The molecule has 1 aliphatic heterocycles. The first-order chi connectivity index (χ1) is 9.69. The molecule has 21 heavy (non-hydrogen) atoms. The normalized spacial score (nSPS) is 21.9. The monoisotopic (exact) mass is 304 g/mol. The fraction of sp³-hybridized carbons (Fsp3) is 0.615. The number of alkyl halides is 3. The van der Waals surface area contributed by atoms with Gasteiger partial charge in [0.15, 0.2) is 0 Å². The van der Waals surface area contributed by atoms with E-state index in [0.29, 0.717) is 19.4 Å². The molecule has 1 unspecified atom stereocenters. The van der Waals surface area contributed by atoms with Crippen LogP contribution in [0.1, 0.15) is 32.3 Å². The molecule has 118 valence electrons. The number of nitrogens with zero attached hydrogens (tertiary/aromatic N) is 1. The standard InChI is InChI=1S/C13H19F3N4O/c1-12(2)7-9(3-4-21-12)18-10-5-8(13(14,15)16)6-11(19-10)20-17/h5-6,9H,3-4,7,17H2,1-2H3,(H2,18,19,20). The Labute approximate surface area is 121 Å². The van der Waals surface area contributed by atoms with Gasteiger partial charge in [0.25, 0.3) is 0 Å². The molecule has 0 spiro atoms. The first-order valence-corrected chi connectivity index (χ1v) is 6.66. The van der Waals surface area contributed by atoms with Crippen LogP contribution < -0.4 is 16.6 Å². The Bertz CT molecular complexity index is 505. The zero-order valence-corrected chi connectivity index (χ0v) is 11.9. The summed E-state index contributed by atoms with van der Waals surface area (Å²) in [6.07, 6.45) is -3.04. The number of nitrogens with one attached hydrogen (secondary N) is 2. The van der Waals surface area contributed by atoms with Gasteiger partial charge in [0.05, 0.1) is 11.2 Å². The molecule has 1 aliphatic rings. The molecular formula is C13H19F3N4O. The van der Waals surface area contributed by atoms with Crippen molar-refractivity contribution < 1.29 is 17.9 Å². The predicted octanol–water partition coefficient (Wildman–Crippen LogP) is 2.76. The molecule has 0 saturated carbocycles. The number of pyridine rings is 1. The van der Waals surface area contributed by atoms with Gasteiger partial charge in [0, 0.05) is 12.6 Å². The minimum Gasteiger partial charge on any atom is -0.375 e. The molecule has 1 fully saturated rings. The summed E-state index contributed by atoms with van der Waals surface area (Å²) < 4.78 is 44.1. The third kappa shape index (κ3) is 4.21. The van der Waals surface area contributed by atoms with Crippen LogP contribution in [0.2, 0.25) is 0 Å². The van der Waals surface area contributed by atoms with Crippen molar-refractivity contribution >= 4 is 11.6 Å². The molecule has 0 bridgehead atoms. The van der Waals surface area contributed by atoms with Crippen molar-refractivity contribution in [3.8, 4) is 0 Å². The molecule has 0 amide bonds. The maximum Gasteiger partial charge on any atom is 0.416 e. The zero-order chi connectivity index (χ0) is 15.7. The predicted molar refractivity (Wildman–Crippen MR) is 73.7 cm³/mol. The smallest absolute Gasteiger partial charge is 0.375 e. The van der Waals surface area contributed by atoms with Gasteiger partial charge in [-0.25, -0.2) is 10.8 Å². The maximum atomic E-state index is 12.8. The van der Waals surface area contributed by atoms with Crippen molar-refractivity contribution in [3.63, 3.8) is 0 Å². The highest BCUT2D eigenvalue weighted by Crippen LogP contribution is 2.33. The highest BCUT2D eigenvalue weighted by atomic mass is 19.4. The van der Waals surface area contributed by atoms with Gasteiger partial charge in [-0.05, 0) is 38.8 Å². The van der Waals surface area contributed by atoms with Crippen LogP contribution in [0.15, 0.2) is 12.1 Å². The van der Waals surface area contributed by atoms with Crippen LogP contribution in [0.4, 0.5) is 24.8 Å². The molecule has 2 rings (SSSR count). The minimum atomic E-state index is -4.44. The minimum absolute atomic E-state index is 0.00959. The number of hydrogen-bond donors (Lipinski definition) is 3. The van der Waals surface area contributed by atoms with E-state index in [1.54, 1.807) is 0 Å². The lowest BCUT2D eigenvalue weighted by atomic mass is 9.94. The van der Waals surface area contributed by atoms with Crippen molar-refractivity contribution in [2.75, 3.05) is 17.3 Å². The van der Waals surface area contributed by atoms with E-state index in [4.69, 9.17) is 10.6 Å². The molecule has 4 N–H and O–H groups in total. The van der Waals surface area contributed by atoms with Crippen LogP contribution in [0.25, 0.3) is 0 Å². The molecule has 1 aromatic rings. The Kier molecular flexibility index (Phi) is 4.29. The first kappa shape index (κ1) is 15.8. The van der Waals surface area contributed by atoms with E-state index in [1.807, 2.05) is 13.8 Å². The quantitative estimate of drug-likeness (QED) is 0.591. The molecule has 1 atom stereocenters. The average molecular weight is 304 g/mol. The van der Waals surface area contributed by atoms with E-state index in [2.05, 4.69) is 15.7 Å². The number of anilines is 2. The van der Waals surface area contributed by atoms with Crippen LogP contribution in [0.3, 0.4) is 0 Å². The van der Waals surface area contributed by atoms with Crippen LogP contribution in [-0.2, 0) is 10.9 Å². The lowest BCUT2D eigenvalue weighted by Gasteiger charge is -2.36. The number of aromatic nitrogens is 1. The number of ether oxygens (including phenoxy) is 1. The number of nitrogen functional groups attached to an aromatic ring is 1. The first-order valence-electron chi connectivity index (χ1n) is 6.66. The largest absolute Gasteiger partial charge is 0.416 e. The van der Waals surface area contributed by atoms with E-state index >= 15 is 0 Å². The van der Waals surface area contributed by atoms with Gasteiger partial charge < -0.3 is 15.5 Å². The summed E-state index contributed by atoms with van der Waals surface area (Å²) in [5.41, 5.74) is 1.07. The summed E-state index contributed by atoms with van der Waals surface area (Å²) in [5.74, 6) is 5.30. The fourth-order valence-corrected chi connectivity index (χ4v) is 2.41. The van der Waals surface area contributed by atoms with Crippen LogP contribution in [0, 0.1) is 0 Å². The maximum absolute atomic E-state index is 12.8. The van der Waals surface area contributed by atoms with Crippen LogP contribution >= 0.6 is 0 Å². The number of hydrogen-bond acceptors (Lipinski definition) is 5. The highest BCUT2D eigenvalue weighted by molar-refractivity contribution is 5.49. The molecule has 5 nitrogen and oxygen atoms in total. The summed E-state index contributed by atoms with van der Waals surface area (Å²) in [6, 6.07) is 1.87. The van der Waals surface area contributed by atoms with Gasteiger partial charge in [0.1, 0.15) is 11.6 Å². The Hall–Kier alpha value is -1.54. The van der Waals surface area contributed by atoms with E-state index in [1.165, 1.54) is 0 Å².